The first-order valence-electron chi connectivity index (χ1n) is 9.04. The van der Waals surface area contributed by atoms with Crippen molar-refractivity contribution in [2.45, 2.75) is 38.6 Å². The molecule has 0 radical (unpaired) electrons. The van der Waals surface area contributed by atoms with Crippen molar-refractivity contribution in [2.24, 2.45) is 5.92 Å². The first-order valence-corrected chi connectivity index (χ1v) is 9.42. The fourth-order valence-electron chi connectivity index (χ4n) is 3.26. The average molecular weight is 353 g/mol. The molecule has 3 rings (SSSR count). The van der Waals surface area contributed by atoms with Crippen LogP contribution in [0, 0.1) is 5.92 Å². The standard InChI is InChI=1S/C22H25ClN2/c23-22-9-5-4-8-21(22)13-12-20(14-16-25-17-15-24-18-25)11-10-19-6-2-1-3-7-19/h1-9,15,17-18,20H,10-14,16H2. The van der Waals surface area contributed by atoms with Crippen LogP contribution in [-0.4, -0.2) is 9.55 Å². The van der Waals surface area contributed by atoms with Crippen LogP contribution in [0.25, 0.3) is 0 Å². The molecule has 0 aliphatic carbocycles. The summed E-state index contributed by atoms with van der Waals surface area (Å²) < 4.78 is 2.17. The Morgan fingerprint density at radius 2 is 1.64 bits per heavy atom. The van der Waals surface area contributed by atoms with Gasteiger partial charge in [-0.25, -0.2) is 4.98 Å². The number of nitrogens with zero attached hydrogens (tertiary/aromatic N) is 2. The molecule has 0 bridgehead atoms. The Kier molecular flexibility index (Phi) is 6.70. The maximum atomic E-state index is 6.33. The maximum absolute atomic E-state index is 6.33. The summed E-state index contributed by atoms with van der Waals surface area (Å²) >= 11 is 6.33. The average Bonchev–Trinajstić information content (AvgIpc) is 3.17. The fourth-order valence-corrected chi connectivity index (χ4v) is 3.49. The van der Waals surface area contributed by atoms with Gasteiger partial charge in [0, 0.05) is 24.0 Å². The molecule has 0 aliphatic heterocycles. The van der Waals surface area contributed by atoms with Gasteiger partial charge in [0.2, 0.25) is 0 Å². The predicted molar refractivity (Wildman–Crippen MR) is 105 cm³/mol. The second-order valence-corrected chi connectivity index (χ2v) is 7.02. The van der Waals surface area contributed by atoms with Crippen LogP contribution in [0.1, 0.15) is 30.4 Å². The Morgan fingerprint density at radius 1 is 0.880 bits per heavy atom. The number of rotatable bonds is 9. The number of benzene rings is 2. The monoisotopic (exact) mass is 352 g/mol. The summed E-state index contributed by atoms with van der Waals surface area (Å²) in [5.41, 5.74) is 2.68. The third-order valence-electron chi connectivity index (χ3n) is 4.82. The zero-order valence-corrected chi connectivity index (χ0v) is 15.3. The molecule has 1 atom stereocenters. The molecular weight excluding hydrogens is 328 g/mol. The zero-order chi connectivity index (χ0) is 17.3. The van der Waals surface area contributed by atoms with Crippen molar-refractivity contribution in [3.05, 3.63) is 89.5 Å². The van der Waals surface area contributed by atoms with Gasteiger partial charge in [-0.15, -0.1) is 0 Å². The number of aromatic nitrogens is 2. The molecule has 3 aromatic rings. The van der Waals surface area contributed by atoms with Gasteiger partial charge in [-0.05, 0) is 55.2 Å². The van der Waals surface area contributed by atoms with Crippen LogP contribution in [0.2, 0.25) is 5.02 Å². The molecule has 0 spiro atoms. The minimum absolute atomic E-state index is 0.680. The lowest BCUT2D eigenvalue weighted by atomic mass is 9.90. The van der Waals surface area contributed by atoms with E-state index in [0.717, 1.165) is 24.4 Å². The lowest BCUT2D eigenvalue weighted by Gasteiger charge is -2.18. The summed E-state index contributed by atoms with van der Waals surface area (Å²) in [6.45, 7) is 1.03. The summed E-state index contributed by atoms with van der Waals surface area (Å²) in [7, 11) is 0. The molecule has 2 nitrogen and oxygen atoms in total. The van der Waals surface area contributed by atoms with Crippen molar-refractivity contribution < 1.29 is 0 Å². The Hall–Kier alpha value is -2.06. The van der Waals surface area contributed by atoms with Gasteiger partial charge in [-0.1, -0.05) is 60.1 Å². The van der Waals surface area contributed by atoms with Crippen LogP contribution in [0.15, 0.2) is 73.3 Å². The number of halogens is 1. The van der Waals surface area contributed by atoms with Crippen molar-refractivity contribution in [1.29, 1.82) is 0 Å². The van der Waals surface area contributed by atoms with E-state index in [1.165, 1.54) is 30.4 Å². The highest BCUT2D eigenvalue weighted by Gasteiger charge is 2.11. The highest BCUT2D eigenvalue weighted by molar-refractivity contribution is 6.31. The lowest BCUT2D eigenvalue weighted by molar-refractivity contribution is 0.393. The molecule has 0 saturated heterocycles. The second-order valence-electron chi connectivity index (χ2n) is 6.61. The molecule has 0 amide bonds. The number of aryl methyl sites for hydroxylation is 3. The third kappa shape index (κ3) is 5.75. The van der Waals surface area contributed by atoms with Crippen molar-refractivity contribution in [2.75, 3.05) is 0 Å². The van der Waals surface area contributed by atoms with E-state index in [1.54, 1.807) is 0 Å². The minimum atomic E-state index is 0.680. The molecule has 2 aromatic carbocycles. The van der Waals surface area contributed by atoms with Crippen LogP contribution >= 0.6 is 11.6 Å². The number of imidazole rings is 1. The lowest BCUT2D eigenvalue weighted by Crippen LogP contribution is -2.09. The maximum Gasteiger partial charge on any atom is 0.0945 e. The van der Waals surface area contributed by atoms with Gasteiger partial charge in [-0.3, -0.25) is 0 Å². The SMILES string of the molecule is Clc1ccccc1CCC(CCc1ccccc1)CCn1ccnc1. The first kappa shape index (κ1) is 17.8. The Morgan fingerprint density at radius 3 is 2.40 bits per heavy atom. The van der Waals surface area contributed by atoms with E-state index in [9.17, 15) is 0 Å². The molecule has 0 N–H and O–H groups in total. The van der Waals surface area contributed by atoms with E-state index in [0.29, 0.717) is 5.92 Å². The van der Waals surface area contributed by atoms with Crippen LogP contribution in [-0.2, 0) is 19.4 Å². The number of hydrogen-bond donors (Lipinski definition) is 0. The van der Waals surface area contributed by atoms with E-state index in [2.05, 4.69) is 52.0 Å². The first-order chi connectivity index (χ1) is 12.3. The minimum Gasteiger partial charge on any atom is -0.337 e. The normalized spacial score (nSPS) is 12.2. The smallest absolute Gasteiger partial charge is 0.0945 e. The van der Waals surface area contributed by atoms with Gasteiger partial charge in [-0.2, -0.15) is 0 Å². The molecule has 130 valence electrons. The van der Waals surface area contributed by atoms with Crippen LogP contribution < -0.4 is 0 Å². The largest absolute Gasteiger partial charge is 0.337 e. The van der Waals surface area contributed by atoms with Crippen LogP contribution in [0.5, 0.6) is 0 Å². The fraction of sp³-hybridized carbons (Fsp3) is 0.318. The highest BCUT2D eigenvalue weighted by atomic mass is 35.5. The van der Waals surface area contributed by atoms with E-state index >= 15 is 0 Å². The second kappa shape index (κ2) is 9.43. The molecular formula is C22H25ClN2. The summed E-state index contributed by atoms with van der Waals surface area (Å²) in [4.78, 5) is 4.14. The summed E-state index contributed by atoms with van der Waals surface area (Å²) in [6.07, 6.45) is 11.5. The summed E-state index contributed by atoms with van der Waals surface area (Å²) in [6, 6.07) is 19.0. The molecule has 3 heteroatoms. The summed E-state index contributed by atoms with van der Waals surface area (Å²) in [5.74, 6) is 0.680. The van der Waals surface area contributed by atoms with Crippen LogP contribution in [0.3, 0.4) is 0 Å². The van der Waals surface area contributed by atoms with Gasteiger partial charge in [0.15, 0.2) is 0 Å². The van der Waals surface area contributed by atoms with Crippen LogP contribution in [0.4, 0.5) is 0 Å². The van der Waals surface area contributed by atoms with Crippen molar-refractivity contribution in [3.8, 4) is 0 Å². The van der Waals surface area contributed by atoms with Gasteiger partial charge >= 0.3 is 0 Å². The Labute approximate surface area is 155 Å². The Bertz CT molecular complexity index is 738. The van der Waals surface area contributed by atoms with Gasteiger partial charge < -0.3 is 4.57 Å². The van der Waals surface area contributed by atoms with Gasteiger partial charge in [0.1, 0.15) is 0 Å². The molecule has 0 fully saturated rings. The third-order valence-corrected chi connectivity index (χ3v) is 5.19. The van der Waals surface area contributed by atoms with Crippen molar-refractivity contribution in [3.63, 3.8) is 0 Å². The quantitative estimate of drug-likeness (QED) is 0.475. The van der Waals surface area contributed by atoms with Crippen molar-refractivity contribution >= 4 is 11.6 Å². The van der Waals surface area contributed by atoms with E-state index < -0.39 is 0 Å². The summed E-state index contributed by atoms with van der Waals surface area (Å²) in [5, 5.41) is 0.888. The Balaban J connectivity index is 1.57. The molecule has 1 heterocycles. The van der Waals surface area contributed by atoms with Gasteiger partial charge in [0.25, 0.3) is 0 Å². The van der Waals surface area contributed by atoms with Gasteiger partial charge in [0.05, 0.1) is 6.33 Å². The molecule has 25 heavy (non-hydrogen) atoms. The van der Waals surface area contributed by atoms with Crippen molar-refractivity contribution in [1.82, 2.24) is 9.55 Å². The van der Waals surface area contributed by atoms with E-state index in [-0.39, 0.29) is 0 Å². The highest BCUT2D eigenvalue weighted by Crippen LogP contribution is 2.23. The molecule has 1 aromatic heterocycles. The zero-order valence-electron chi connectivity index (χ0n) is 14.5. The topological polar surface area (TPSA) is 17.8 Å². The van der Waals surface area contributed by atoms with E-state index in [1.807, 2.05) is 30.9 Å². The molecule has 0 aliphatic rings. The van der Waals surface area contributed by atoms with E-state index in [4.69, 9.17) is 11.6 Å². The molecule has 0 saturated carbocycles. The number of hydrogen-bond acceptors (Lipinski definition) is 1. The molecule has 1 unspecified atom stereocenters. The predicted octanol–water partition coefficient (Wildman–Crippen LogP) is 5.81.